The fraction of sp³-hybridized carbons (Fsp3) is 0.259. The number of amides is 2. The van der Waals surface area contributed by atoms with Gasteiger partial charge in [-0.15, -0.1) is 11.8 Å². The highest BCUT2D eigenvalue weighted by molar-refractivity contribution is 8.00. The van der Waals surface area contributed by atoms with Crippen LogP contribution < -0.4 is 10.6 Å². The van der Waals surface area contributed by atoms with Gasteiger partial charge in [0.05, 0.1) is 15.7 Å². The fourth-order valence-electron chi connectivity index (χ4n) is 4.09. The Morgan fingerprint density at radius 1 is 0.853 bits per heavy atom. The largest absolute Gasteiger partial charge is 0.326 e. The van der Waals surface area contributed by atoms with Crippen LogP contribution in [-0.4, -0.2) is 11.8 Å². The van der Waals surface area contributed by atoms with Crippen LogP contribution in [0.4, 0.5) is 11.4 Å². The maximum Gasteiger partial charge on any atom is 0.242 e. The summed E-state index contributed by atoms with van der Waals surface area (Å²) in [5, 5.41) is 6.14. The molecule has 4 nitrogen and oxygen atoms in total. The third kappa shape index (κ3) is 6.35. The van der Waals surface area contributed by atoms with E-state index < -0.39 is 5.25 Å². The van der Waals surface area contributed by atoms with E-state index in [1.807, 2.05) is 54.6 Å². The van der Waals surface area contributed by atoms with Crippen molar-refractivity contribution >= 4 is 58.2 Å². The van der Waals surface area contributed by atoms with E-state index in [0.717, 1.165) is 41.8 Å². The highest BCUT2D eigenvalue weighted by Gasteiger charge is 2.24. The molecule has 176 valence electrons. The lowest BCUT2D eigenvalue weighted by molar-refractivity contribution is -0.120. The first-order valence-corrected chi connectivity index (χ1v) is 13.0. The minimum atomic E-state index is -0.527. The predicted molar refractivity (Wildman–Crippen MR) is 142 cm³/mol. The maximum atomic E-state index is 13.3. The first-order valence-electron chi connectivity index (χ1n) is 11.4. The second-order valence-corrected chi connectivity index (χ2v) is 10.3. The molecule has 0 heterocycles. The van der Waals surface area contributed by atoms with Crippen LogP contribution in [-0.2, 0) is 9.59 Å². The van der Waals surface area contributed by atoms with E-state index in [9.17, 15) is 9.59 Å². The van der Waals surface area contributed by atoms with Crippen molar-refractivity contribution in [2.45, 2.75) is 42.2 Å². The zero-order chi connectivity index (χ0) is 23.9. The lowest BCUT2D eigenvalue weighted by atomic mass is 9.88. The summed E-state index contributed by atoms with van der Waals surface area (Å²) in [4.78, 5) is 26.9. The van der Waals surface area contributed by atoms with Gasteiger partial charge in [0.25, 0.3) is 0 Å². The van der Waals surface area contributed by atoms with Crippen molar-refractivity contribution in [2.75, 3.05) is 10.6 Å². The lowest BCUT2D eigenvalue weighted by Crippen LogP contribution is -2.24. The van der Waals surface area contributed by atoms with Crippen molar-refractivity contribution in [3.63, 3.8) is 0 Å². The van der Waals surface area contributed by atoms with E-state index >= 15 is 0 Å². The second-order valence-electron chi connectivity index (χ2n) is 8.35. The van der Waals surface area contributed by atoms with Gasteiger partial charge in [-0.25, -0.2) is 0 Å². The molecule has 0 radical (unpaired) electrons. The summed E-state index contributed by atoms with van der Waals surface area (Å²) in [6.07, 6.45) is 5.32. The van der Waals surface area contributed by atoms with Gasteiger partial charge in [0, 0.05) is 16.5 Å². The van der Waals surface area contributed by atoms with E-state index in [1.54, 1.807) is 18.2 Å². The van der Waals surface area contributed by atoms with Crippen LogP contribution in [0.15, 0.2) is 77.7 Å². The summed E-state index contributed by atoms with van der Waals surface area (Å²) in [5.41, 5.74) is 2.07. The zero-order valence-corrected chi connectivity index (χ0v) is 20.9. The summed E-state index contributed by atoms with van der Waals surface area (Å²) in [6, 6.07) is 22.4. The Labute approximate surface area is 214 Å². The molecule has 3 aromatic carbocycles. The monoisotopic (exact) mass is 512 g/mol. The van der Waals surface area contributed by atoms with Crippen molar-refractivity contribution in [3.8, 4) is 0 Å². The molecule has 1 fully saturated rings. The average Bonchev–Trinajstić information content (AvgIpc) is 2.86. The standard InChI is InChI=1S/C27H26Cl2N2O2S/c28-22-15-8-16-23(24(22)29)31-27(33)25(18-9-3-1-4-10-18)34-21-14-7-13-20(17-21)30-26(32)19-11-5-2-6-12-19/h1,3-4,7-10,13-17,19,25H,2,5-6,11-12H2,(H,30,32)(H,31,33). The van der Waals surface area contributed by atoms with E-state index in [2.05, 4.69) is 10.6 Å². The lowest BCUT2D eigenvalue weighted by Gasteiger charge is -2.21. The van der Waals surface area contributed by atoms with Crippen molar-refractivity contribution in [2.24, 2.45) is 5.92 Å². The third-order valence-corrected chi connectivity index (χ3v) is 7.95. The summed E-state index contributed by atoms with van der Waals surface area (Å²) in [6.45, 7) is 0. The van der Waals surface area contributed by atoms with Gasteiger partial charge in [-0.05, 0) is 48.7 Å². The van der Waals surface area contributed by atoms with Crippen LogP contribution in [0.3, 0.4) is 0 Å². The SMILES string of the molecule is O=C(Nc1cccc(SC(C(=O)Nc2cccc(Cl)c2Cl)c2ccccc2)c1)C1CCCCC1. The molecule has 3 aromatic rings. The van der Waals surface area contributed by atoms with Gasteiger partial charge >= 0.3 is 0 Å². The van der Waals surface area contributed by atoms with Crippen molar-refractivity contribution in [1.82, 2.24) is 0 Å². The van der Waals surface area contributed by atoms with Gasteiger partial charge in [0.1, 0.15) is 5.25 Å². The summed E-state index contributed by atoms with van der Waals surface area (Å²) < 4.78 is 0. The minimum Gasteiger partial charge on any atom is -0.326 e. The molecule has 1 saturated carbocycles. The van der Waals surface area contributed by atoms with Gasteiger partial charge < -0.3 is 10.6 Å². The Hall–Kier alpha value is -2.47. The second kappa shape index (κ2) is 11.8. The topological polar surface area (TPSA) is 58.2 Å². The molecule has 2 amide bonds. The number of rotatable bonds is 7. The maximum absolute atomic E-state index is 13.3. The molecule has 4 rings (SSSR count). The normalized spacial score (nSPS) is 14.9. The van der Waals surface area contributed by atoms with Crippen LogP contribution in [0, 0.1) is 5.92 Å². The summed E-state index contributed by atoms with van der Waals surface area (Å²) in [7, 11) is 0. The highest BCUT2D eigenvalue weighted by Crippen LogP contribution is 2.38. The third-order valence-electron chi connectivity index (χ3n) is 5.88. The first kappa shape index (κ1) is 24.6. The Bertz CT molecular complexity index is 1150. The van der Waals surface area contributed by atoms with Gasteiger partial charge in [-0.3, -0.25) is 9.59 Å². The Balaban J connectivity index is 1.52. The summed E-state index contributed by atoms with van der Waals surface area (Å²) >= 11 is 13.8. The van der Waals surface area contributed by atoms with E-state index in [4.69, 9.17) is 23.2 Å². The minimum absolute atomic E-state index is 0.0785. The van der Waals surface area contributed by atoms with E-state index in [-0.39, 0.29) is 17.7 Å². The molecule has 1 aliphatic carbocycles. The van der Waals surface area contributed by atoms with Crippen LogP contribution >= 0.6 is 35.0 Å². The molecule has 2 N–H and O–H groups in total. The van der Waals surface area contributed by atoms with Gasteiger partial charge in [0.15, 0.2) is 0 Å². The molecule has 1 aliphatic rings. The zero-order valence-electron chi connectivity index (χ0n) is 18.6. The Morgan fingerprint density at radius 3 is 2.35 bits per heavy atom. The number of hydrogen-bond donors (Lipinski definition) is 2. The number of benzene rings is 3. The predicted octanol–water partition coefficient (Wildman–Crippen LogP) is 7.98. The Kier molecular flexibility index (Phi) is 8.54. The van der Waals surface area contributed by atoms with Crippen molar-refractivity contribution in [3.05, 3.63) is 88.4 Å². The van der Waals surface area contributed by atoms with E-state index in [0.29, 0.717) is 15.7 Å². The molecule has 0 saturated heterocycles. The Morgan fingerprint density at radius 2 is 1.59 bits per heavy atom. The number of nitrogens with one attached hydrogen (secondary N) is 2. The molecule has 0 aliphatic heterocycles. The molecule has 1 atom stereocenters. The van der Waals surface area contributed by atoms with Gasteiger partial charge in [-0.2, -0.15) is 0 Å². The number of carbonyl (C=O) groups is 2. The van der Waals surface area contributed by atoms with Crippen molar-refractivity contribution < 1.29 is 9.59 Å². The van der Waals surface area contributed by atoms with E-state index in [1.165, 1.54) is 18.2 Å². The van der Waals surface area contributed by atoms with Crippen molar-refractivity contribution in [1.29, 1.82) is 0 Å². The summed E-state index contributed by atoms with van der Waals surface area (Å²) in [5.74, 6) is -0.0536. The molecule has 0 spiro atoms. The van der Waals surface area contributed by atoms with Crippen LogP contribution in [0.2, 0.25) is 10.0 Å². The highest BCUT2D eigenvalue weighted by atomic mass is 35.5. The molecular weight excluding hydrogens is 487 g/mol. The molecule has 1 unspecified atom stereocenters. The molecule has 7 heteroatoms. The first-order chi connectivity index (χ1) is 16.5. The van der Waals surface area contributed by atoms with Crippen LogP contribution in [0.1, 0.15) is 42.9 Å². The quantitative estimate of drug-likeness (QED) is 0.315. The van der Waals surface area contributed by atoms with Crippen LogP contribution in [0.5, 0.6) is 0 Å². The van der Waals surface area contributed by atoms with Crippen LogP contribution in [0.25, 0.3) is 0 Å². The molecule has 0 bridgehead atoms. The van der Waals surface area contributed by atoms with Gasteiger partial charge in [0.2, 0.25) is 11.8 Å². The smallest absolute Gasteiger partial charge is 0.242 e. The molecule has 0 aromatic heterocycles. The number of thioether (sulfide) groups is 1. The number of halogens is 2. The molecular formula is C27H26Cl2N2O2S. The number of carbonyl (C=O) groups excluding carboxylic acids is 2. The van der Waals surface area contributed by atoms with Gasteiger partial charge in [-0.1, -0.05) is 84.9 Å². The number of anilines is 2. The fourth-order valence-corrected chi connectivity index (χ4v) is 5.52. The number of hydrogen-bond acceptors (Lipinski definition) is 3. The molecule has 34 heavy (non-hydrogen) atoms. The average molecular weight is 513 g/mol.